The maximum absolute atomic E-state index is 13.6. The predicted molar refractivity (Wildman–Crippen MR) is 134 cm³/mol. The number of nitrogens with one attached hydrogen (secondary N) is 2. The van der Waals surface area contributed by atoms with Crippen LogP contribution >= 0.6 is 11.6 Å². The van der Waals surface area contributed by atoms with E-state index in [0.29, 0.717) is 11.3 Å². The van der Waals surface area contributed by atoms with E-state index in [1.54, 1.807) is 39.0 Å². The number of anilines is 2. The molecule has 0 saturated carbocycles. The molecule has 0 aliphatic rings. The van der Waals surface area contributed by atoms with Gasteiger partial charge < -0.3 is 16.4 Å². The number of halogens is 3. The van der Waals surface area contributed by atoms with Gasteiger partial charge in [-0.05, 0) is 67.1 Å². The number of nitrogens with two attached hydrogens (primary N) is 1. The van der Waals surface area contributed by atoms with Crippen molar-refractivity contribution in [3.8, 4) is 5.82 Å². The molecule has 198 valence electrons. The summed E-state index contributed by atoms with van der Waals surface area (Å²) in [6, 6.07) is 7.45. The Morgan fingerprint density at radius 3 is 2.63 bits per heavy atom. The molecule has 0 saturated heterocycles. The van der Waals surface area contributed by atoms with Gasteiger partial charge in [-0.2, -0.15) is 5.10 Å². The largest absolute Gasteiger partial charge is 0.399 e. The fourth-order valence-electron chi connectivity index (χ4n) is 3.68. The number of amides is 2. The van der Waals surface area contributed by atoms with Crippen LogP contribution in [0.1, 0.15) is 58.2 Å². The molecule has 4 N–H and O–H groups in total. The van der Waals surface area contributed by atoms with Gasteiger partial charge in [0.25, 0.3) is 18.2 Å². The van der Waals surface area contributed by atoms with Gasteiger partial charge in [0.15, 0.2) is 5.82 Å². The first-order valence-corrected chi connectivity index (χ1v) is 11.7. The van der Waals surface area contributed by atoms with Crippen molar-refractivity contribution >= 4 is 34.8 Å². The summed E-state index contributed by atoms with van der Waals surface area (Å²) in [6.07, 6.45) is -1.46. The molecule has 3 heterocycles. The van der Waals surface area contributed by atoms with E-state index in [2.05, 4.69) is 36.2 Å². The lowest BCUT2D eigenvalue weighted by Gasteiger charge is -2.16. The maximum Gasteiger partial charge on any atom is 0.298 e. The smallest absolute Gasteiger partial charge is 0.298 e. The van der Waals surface area contributed by atoms with Gasteiger partial charge in [-0.25, -0.2) is 23.1 Å². The number of alkyl halides is 2. The minimum absolute atomic E-state index is 0.0290. The molecule has 0 atom stereocenters. The number of aromatic nitrogens is 7. The maximum atomic E-state index is 13.6. The lowest BCUT2D eigenvalue weighted by Crippen LogP contribution is -2.31. The van der Waals surface area contributed by atoms with Crippen LogP contribution in [-0.2, 0) is 6.54 Å². The quantitative estimate of drug-likeness (QED) is 0.285. The van der Waals surface area contributed by atoms with Gasteiger partial charge in [0.2, 0.25) is 5.82 Å². The van der Waals surface area contributed by atoms with Gasteiger partial charge in [-0.1, -0.05) is 11.6 Å². The summed E-state index contributed by atoms with van der Waals surface area (Å²) in [6.45, 7) is 5.04. The Kier molecular flexibility index (Phi) is 7.62. The highest BCUT2D eigenvalue weighted by Gasteiger charge is 2.24. The van der Waals surface area contributed by atoms with Crippen LogP contribution in [0.3, 0.4) is 0 Å². The number of nitrogens with zero attached hydrogens (tertiary/aromatic N) is 7. The first-order chi connectivity index (χ1) is 18.0. The van der Waals surface area contributed by atoms with Crippen LogP contribution in [0.4, 0.5) is 20.2 Å². The fourth-order valence-corrected chi connectivity index (χ4v) is 3.88. The van der Waals surface area contributed by atoms with Crippen LogP contribution in [0, 0.1) is 6.92 Å². The zero-order valence-corrected chi connectivity index (χ0v) is 21.2. The van der Waals surface area contributed by atoms with E-state index >= 15 is 0 Å². The van der Waals surface area contributed by atoms with Crippen molar-refractivity contribution in [2.24, 2.45) is 0 Å². The third-order valence-electron chi connectivity index (χ3n) is 5.26. The normalized spacial score (nSPS) is 11.3. The number of nitrogen functional groups attached to an aromatic ring is 1. The SMILES string of the molecule is Cc1cc(N)cc(C(=O)NC(C)C)c1NC(=O)c1cc(Cn2nnnc2C(F)F)nn1-c1ncccc1Cl. The highest BCUT2D eigenvalue weighted by Crippen LogP contribution is 2.27. The lowest BCUT2D eigenvalue weighted by atomic mass is 10.0. The Balaban J connectivity index is 1.76. The van der Waals surface area contributed by atoms with E-state index in [9.17, 15) is 18.4 Å². The van der Waals surface area contributed by atoms with Crippen molar-refractivity contribution < 1.29 is 18.4 Å². The molecule has 4 rings (SSSR count). The molecule has 0 unspecified atom stereocenters. The summed E-state index contributed by atoms with van der Waals surface area (Å²) >= 11 is 6.31. The topological polar surface area (TPSA) is 159 Å². The third kappa shape index (κ3) is 5.59. The van der Waals surface area contributed by atoms with Gasteiger partial charge >= 0.3 is 0 Å². The standard InChI is InChI=1S/C23H23ClF2N10O2/c1-11(2)29-22(37)15-8-13(27)7-12(3)18(15)30-23(38)17-9-14(10-35-21(19(25)26)31-33-34-35)32-36(17)20-16(24)5-4-6-28-20/h4-9,11,19H,10,27H2,1-3H3,(H,29,37)(H,30,38). The second-order valence-corrected chi connectivity index (χ2v) is 8.99. The van der Waals surface area contributed by atoms with E-state index in [4.69, 9.17) is 17.3 Å². The summed E-state index contributed by atoms with van der Waals surface area (Å²) in [5.41, 5.74) is 7.40. The van der Waals surface area contributed by atoms with Crippen molar-refractivity contribution in [3.05, 3.63) is 69.9 Å². The van der Waals surface area contributed by atoms with Gasteiger partial charge in [0.1, 0.15) is 5.69 Å². The number of aryl methyl sites for hydroxylation is 1. The number of carbonyl (C=O) groups excluding carboxylic acids is 2. The number of benzene rings is 1. The van der Waals surface area contributed by atoms with Gasteiger partial charge in [0, 0.05) is 17.9 Å². The van der Waals surface area contributed by atoms with E-state index in [-0.39, 0.29) is 46.1 Å². The number of pyridine rings is 1. The predicted octanol–water partition coefficient (Wildman–Crippen LogP) is 3.17. The minimum atomic E-state index is -2.91. The molecule has 0 aliphatic carbocycles. The van der Waals surface area contributed by atoms with Crippen molar-refractivity contribution in [2.45, 2.75) is 39.8 Å². The van der Waals surface area contributed by atoms with Crippen molar-refractivity contribution in [1.82, 2.24) is 40.3 Å². The van der Waals surface area contributed by atoms with Crippen LogP contribution in [0.15, 0.2) is 36.5 Å². The summed E-state index contributed by atoms with van der Waals surface area (Å²) in [5, 5.41) is 20.3. The summed E-state index contributed by atoms with van der Waals surface area (Å²) in [7, 11) is 0. The molecule has 15 heteroatoms. The zero-order chi connectivity index (χ0) is 27.6. The Hall–Kier alpha value is -4.46. The summed E-state index contributed by atoms with van der Waals surface area (Å²) in [5.74, 6) is -1.61. The Labute approximate surface area is 220 Å². The van der Waals surface area contributed by atoms with Gasteiger partial charge in [-0.15, -0.1) is 5.10 Å². The Bertz CT molecular complexity index is 1500. The van der Waals surface area contributed by atoms with Crippen LogP contribution in [0.25, 0.3) is 5.82 Å². The molecule has 1 aromatic carbocycles. The third-order valence-corrected chi connectivity index (χ3v) is 5.55. The lowest BCUT2D eigenvalue weighted by molar-refractivity contribution is 0.0944. The highest BCUT2D eigenvalue weighted by molar-refractivity contribution is 6.32. The van der Waals surface area contributed by atoms with Crippen LogP contribution in [-0.4, -0.2) is 52.8 Å². The van der Waals surface area contributed by atoms with Crippen LogP contribution in [0.5, 0.6) is 0 Å². The van der Waals surface area contributed by atoms with Crippen molar-refractivity contribution in [3.63, 3.8) is 0 Å². The number of carbonyl (C=O) groups is 2. The molecule has 0 radical (unpaired) electrons. The molecule has 3 aromatic heterocycles. The van der Waals surface area contributed by atoms with E-state index < -0.39 is 24.1 Å². The number of tetrazole rings is 1. The second kappa shape index (κ2) is 10.9. The number of hydrogen-bond acceptors (Lipinski definition) is 8. The second-order valence-electron chi connectivity index (χ2n) is 8.58. The van der Waals surface area contributed by atoms with Gasteiger partial charge in [0.05, 0.1) is 28.5 Å². The molecule has 2 amide bonds. The molecule has 0 fully saturated rings. The first kappa shape index (κ1) is 26.6. The van der Waals surface area contributed by atoms with E-state index in [0.717, 1.165) is 4.68 Å². The number of hydrogen-bond donors (Lipinski definition) is 3. The Morgan fingerprint density at radius 1 is 1.18 bits per heavy atom. The molecular formula is C23H23ClF2N10O2. The summed E-state index contributed by atoms with van der Waals surface area (Å²) in [4.78, 5) is 30.6. The van der Waals surface area contributed by atoms with E-state index in [1.807, 2.05) is 0 Å². The molecule has 0 spiro atoms. The molecule has 4 aromatic rings. The molecule has 12 nitrogen and oxygen atoms in total. The average Bonchev–Trinajstić information content (AvgIpc) is 3.48. The molecule has 38 heavy (non-hydrogen) atoms. The summed E-state index contributed by atoms with van der Waals surface area (Å²) < 4.78 is 28.6. The van der Waals surface area contributed by atoms with E-state index in [1.165, 1.54) is 23.0 Å². The zero-order valence-electron chi connectivity index (χ0n) is 20.5. The Morgan fingerprint density at radius 2 is 1.95 bits per heavy atom. The molecule has 0 aliphatic heterocycles. The highest BCUT2D eigenvalue weighted by atomic mass is 35.5. The fraction of sp³-hybridized carbons (Fsp3) is 0.261. The average molecular weight is 545 g/mol. The molecular weight excluding hydrogens is 522 g/mol. The van der Waals surface area contributed by atoms with Gasteiger partial charge in [-0.3, -0.25) is 9.59 Å². The van der Waals surface area contributed by atoms with Crippen LogP contribution in [0.2, 0.25) is 5.02 Å². The van der Waals surface area contributed by atoms with Crippen molar-refractivity contribution in [1.29, 1.82) is 0 Å². The molecule has 0 bridgehead atoms. The van der Waals surface area contributed by atoms with Crippen molar-refractivity contribution in [2.75, 3.05) is 11.1 Å². The minimum Gasteiger partial charge on any atom is -0.399 e. The first-order valence-electron chi connectivity index (χ1n) is 11.3. The monoisotopic (exact) mass is 544 g/mol. The number of rotatable bonds is 8. The van der Waals surface area contributed by atoms with Crippen LogP contribution < -0.4 is 16.4 Å².